The van der Waals surface area contributed by atoms with E-state index in [-0.39, 0.29) is 11.8 Å². The summed E-state index contributed by atoms with van der Waals surface area (Å²) >= 11 is 0. The van der Waals surface area contributed by atoms with Crippen LogP contribution in [0.4, 0.5) is 0 Å². The van der Waals surface area contributed by atoms with Gasteiger partial charge in [-0.25, -0.2) is 13.9 Å². The lowest BCUT2D eigenvalue weighted by Gasteiger charge is -2.06. The van der Waals surface area contributed by atoms with Crippen molar-refractivity contribution in [3.63, 3.8) is 0 Å². The molecule has 0 saturated carbocycles. The summed E-state index contributed by atoms with van der Waals surface area (Å²) in [5.41, 5.74) is 0.962. The molecule has 0 aromatic carbocycles. The molecule has 3 aromatic heterocycles. The summed E-state index contributed by atoms with van der Waals surface area (Å²) in [5, 5.41) is 8.20. The summed E-state index contributed by atoms with van der Waals surface area (Å²) in [6.45, 7) is 2.96. The van der Waals surface area contributed by atoms with Gasteiger partial charge in [-0.3, -0.25) is 0 Å². The van der Waals surface area contributed by atoms with E-state index in [4.69, 9.17) is 9.26 Å². The normalized spacial score (nSPS) is 18.3. The smallest absolute Gasteiger partial charge is 0.350 e. The lowest BCUT2D eigenvalue weighted by atomic mass is 10.2. The molecule has 1 unspecified atom stereocenters. The maximum absolute atomic E-state index is 12.4. The van der Waals surface area contributed by atoms with Crippen LogP contribution in [0.15, 0.2) is 27.6 Å². The SMILES string of the molecule is Cc1noc(-c2cccn3c(=O)n(CC4CCCO4)nc23)n1. The van der Waals surface area contributed by atoms with Crippen molar-refractivity contribution in [1.29, 1.82) is 0 Å². The average molecular weight is 301 g/mol. The van der Waals surface area contributed by atoms with Gasteiger partial charge in [-0.15, -0.1) is 5.10 Å². The number of nitrogens with zero attached hydrogens (tertiary/aromatic N) is 5. The fraction of sp³-hybridized carbons (Fsp3) is 0.429. The molecular formula is C14H15N5O3. The predicted molar refractivity (Wildman–Crippen MR) is 76.5 cm³/mol. The Morgan fingerprint density at radius 3 is 3.09 bits per heavy atom. The van der Waals surface area contributed by atoms with E-state index >= 15 is 0 Å². The highest BCUT2D eigenvalue weighted by molar-refractivity contribution is 5.70. The summed E-state index contributed by atoms with van der Waals surface area (Å²) in [6, 6.07) is 3.58. The molecule has 1 aliphatic rings. The zero-order valence-electron chi connectivity index (χ0n) is 12.1. The van der Waals surface area contributed by atoms with Gasteiger partial charge in [0.2, 0.25) is 0 Å². The molecule has 0 spiro atoms. The van der Waals surface area contributed by atoms with Crippen molar-refractivity contribution in [1.82, 2.24) is 24.3 Å². The Kier molecular flexibility index (Phi) is 3.04. The first kappa shape index (κ1) is 13.2. The minimum atomic E-state index is -0.191. The average Bonchev–Trinajstić information content (AvgIpc) is 3.23. The van der Waals surface area contributed by atoms with E-state index in [1.54, 1.807) is 19.2 Å². The minimum Gasteiger partial charge on any atom is -0.376 e. The second-order valence-corrected chi connectivity index (χ2v) is 5.36. The van der Waals surface area contributed by atoms with Crippen molar-refractivity contribution in [2.24, 2.45) is 0 Å². The fourth-order valence-electron chi connectivity index (χ4n) is 2.71. The van der Waals surface area contributed by atoms with Crippen LogP contribution >= 0.6 is 0 Å². The molecule has 4 rings (SSSR count). The van der Waals surface area contributed by atoms with Crippen LogP contribution in [-0.2, 0) is 11.3 Å². The second-order valence-electron chi connectivity index (χ2n) is 5.36. The summed E-state index contributed by atoms with van der Waals surface area (Å²) in [7, 11) is 0. The molecule has 1 saturated heterocycles. The van der Waals surface area contributed by atoms with Crippen molar-refractivity contribution < 1.29 is 9.26 Å². The molecule has 1 fully saturated rings. The molecule has 22 heavy (non-hydrogen) atoms. The third-order valence-electron chi connectivity index (χ3n) is 3.77. The summed E-state index contributed by atoms with van der Waals surface area (Å²) in [5.74, 6) is 0.899. The van der Waals surface area contributed by atoms with Gasteiger partial charge in [0.25, 0.3) is 5.89 Å². The maximum atomic E-state index is 12.4. The van der Waals surface area contributed by atoms with Gasteiger partial charge in [0.15, 0.2) is 11.5 Å². The standard InChI is InChI=1S/C14H15N5O3/c1-9-15-13(22-17-9)11-5-2-6-18-12(11)16-19(14(18)20)8-10-4-3-7-21-10/h2,5-6,10H,3-4,7-8H2,1H3. The van der Waals surface area contributed by atoms with Crippen molar-refractivity contribution in [3.05, 3.63) is 34.6 Å². The Labute approximate surface area is 125 Å². The van der Waals surface area contributed by atoms with E-state index in [1.165, 1.54) is 9.08 Å². The number of rotatable bonds is 3. The number of pyridine rings is 1. The topological polar surface area (TPSA) is 87.5 Å². The van der Waals surface area contributed by atoms with Gasteiger partial charge in [-0.2, -0.15) is 4.98 Å². The van der Waals surface area contributed by atoms with Crippen molar-refractivity contribution in [3.8, 4) is 11.5 Å². The molecule has 3 aromatic rings. The first-order valence-corrected chi connectivity index (χ1v) is 7.23. The van der Waals surface area contributed by atoms with E-state index in [0.717, 1.165) is 19.4 Å². The molecule has 4 heterocycles. The Hall–Kier alpha value is -2.48. The number of ether oxygens (including phenoxy) is 1. The zero-order valence-corrected chi connectivity index (χ0v) is 12.1. The highest BCUT2D eigenvalue weighted by atomic mass is 16.5. The van der Waals surface area contributed by atoms with Gasteiger partial charge in [-0.05, 0) is 31.9 Å². The number of hydrogen-bond donors (Lipinski definition) is 0. The number of aryl methyl sites for hydroxylation is 1. The lowest BCUT2D eigenvalue weighted by Crippen LogP contribution is -2.26. The molecular weight excluding hydrogens is 286 g/mol. The Morgan fingerprint density at radius 2 is 2.36 bits per heavy atom. The third kappa shape index (κ3) is 2.12. The first-order valence-electron chi connectivity index (χ1n) is 7.23. The molecule has 0 amide bonds. The monoisotopic (exact) mass is 301 g/mol. The molecule has 0 N–H and O–H groups in total. The van der Waals surface area contributed by atoms with Gasteiger partial charge in [0.1, 0.15) is 0 Å². The summed E-state index contributed by atoms with van der Waals surface area (Å²) in [6.07, 6.45) is 3.72. The first-order chi connectivity index (χ1) is 10.7. The Bertz CT molecular complexity index is 872. The highest BCUT2D eigenvalue weighted by Gasteiger charge is 2.20. The number of fused-ring (bicyclic) bond motifs is 1. The van der Waals surface area contributed by atoms with E-state index in [2.05, 4.69) is 15.2 Å². The Balaban J connectivity index is 1.81. The minimum absolute atomic E-state index is 0.0525. The molecule has 114 valence electrons. The fourth-order valence-corrected chi connectivity index (χ4v) is 2.71. The van der Waals surface area contributed by atoms with Gasteiger partial charge >= 0.3 is 5.69 Å². The Morgan fingerprint density at radius 1 is 1.45 bits per heavy atom. The molecule has 8 heteroatoms. The van der Waals surface area contributed by atoms with Crippen molar-refractivity contribution >= 4 is 5.65 Å². The van der Waals surface area contributed by atoms with E-state index in [9.17, 15) is 4.79 Å². The molecule has 0 aliphatic carbocycles. The van der Waals surface area contributed by atoms with Crippen LogP contribution in [0.5, 0.6) is 0 Å². The van der Waals surface area contributed by atoms with E-state index in [1.807, 2.05) is 6.07 Å². The summed E-state index contributed by atoms with van der Waals surface area (Å²) in [4.78, 5) is 16.7. The van der Waals surface area contributed by atoms with E-state index in [0.29, 0.717) is 29.5 Å². The second kappa shape index (κ2) is 5.06. The predicted octanol–water partition coefficient (Wildman–Crippen LogP) is 1.03. The quantitative estimate of drug-likeness (QED) is 0.718. The molecule has 1 aliphatic heterocycles. The summed E-state index contributed by atoms with van der Waals surface area (Å²) < 4.78 is 13.7. The molecule has 8 nitrogen and oxygen atoms in total. The molecule has 0 bridgehead atoms. The van der Waals surface area contributed by atoms with Gasteiger partial charge < -0.3 is 9.26 Å². The maximum Gasteiger partial charge on any atom is 0.350 e. The van der Waals surface area contributed by atoms with Crippen LogP contribution in [0.3, 0.4) is 0 Å². The highest BCUT2D eigenvalue weighted by Crippen LogP contribution is 2.21. The van der Waals surface area contributed by atoms with Gasteiger partial charge in [-0.1, -0.05) is 5.16 Å². The number of hydrogen-bond acceptors (Lipinski definition) is 6. The molecule has 1 atom stereocenters. The van der Waals surface area contributed by atoms with Crippen molar-refractivity contribution in [2.45, 2.75) is 32.4 Å². The zero-order chi connectivity index (χ0) is 15.1. The van der Waals surface area contributed by atoms with Crippen molar-refractivity contribution in [2.75, 3.05) is 6.61 Å². The van der Waals surface area contributed by atoms with Crippen LogP contribution in [0.1, 0.15) is 18.7 Å². The lowest BCUT2D eigenvalue weighted by molar-refractivity contribution is 0.0931. The van der Waals surface area contributed by atoms with Crippen LogP contribution in [0, 0.1) is 6.92 Å². The van der Waals surface area contributed by atoms with Crippen LogP contribution in [-0.4, -0.2) is 37.0 Å². The van der Waals surface area contributed by atoms with Gasteiger partial charge in [0.05, 0.1) is 18.2 Å². The van der Waals surface area contributed by atoms with Gasteiger partial charge in [0, 0.05) is 12.8 Å². The van der Waals surface area contributed by atoms with Crippen LogP contribution < -0.4 is 5.69 Å². The van der Waals surface area contributed by atoms with E-state index < -0.39 is 0 Å². The van der Waals surface area contributed by atoms with Crippen LogP contribution in [0.2, 0.25) is 0 Å². The number of aromatic nitrogens is 5. The van der Waals surface area contributed by atoms with Crippen LogP contribution in [0.25, 0.3) is 17.1 Å². The molecule has 0 radical (unpaired) electrons. The largest absolute Gasteiger partial charge is 0.376 e. The third-order valence-corrected chi connectivity index (χ3v) is 3.77.